The minimum Gasteiger partial charge on any atom is -0.245 e. The van der Waals surface area contributed by atoms with E-state index in [0.29, 0.717) is 0 Å². The van der Waals surface area contributed by atoms with E-state index in [1.165, 1.54) is 10.5 Å². The van der Waals surface area contributed by atoms with Gasteiger partial charge in [-0.3, -0.25) is 0 Å². The van der Waals surface area contributed by atoms with Crippen molar-refractivity contribution in [3.05, 3.63) is 52.1 Å². The maximum absolute atomic E-state index is 4.56. The molecule has 1 nitrogen and oxygen atoms in total. The van der Waals surface area contributed by atoms with Crippen LogP contribution in [0.15, 0.2) is 50.8 Å². The smallest absolute Gasteiger partial charge is 0.101 e. The highest BCUT2D eigenvalue weighted by molar-refractivity contribution is 9.10. The Labute approximate surface area is 128 Å². The van der Waals surface area contributed by atoms with Gasteiger partial charge in [-0.1, -0.05) is 44.7 Å². The third kappa shape index (κ3) is 3.83. The highest BCUT2D eigenvalue weighted by Crippen LogP contribution is 2.30. The molecule has 1 heterocycles. The van der Waals surface area contributed by atoms with Gasteiger partial charge in [-0.2, -0.15) is 0 Å². The molecule has 1 aromatic carbocycles. The lowest BCUT2D eigenvalue weighted by atomic mass is 9.87. The number of pyridine rings is 1. The topological polar surface area (TPSA) is 12.9 Å². The Morgan fingerprint density at radius 1 is 1.00 bits per heavy atom. The molecular formula is C16H18BrNS. The van der Waals surface area contributed by atoms with Gasteiger partial charge in [-0.25, -0.2) is 4.98 Å². The quantitative estimate of drug-likeness (QED) is 0.708. The SMILES string of the molecule is Cc1nc(Sc2ccc(C(C)(C)C)cc2)ccc1Br. The van der Waals surface area contributed by atoms with Crippen molar-refractivity contribution in [1.82, 2.24) is 4.98 Å². The zero-order chi connectivity index (χ0) is 14.0. The van der Waals surface area contributed by atoms with Gasteiger partial charge in [0.2, 0.25) is 0 Å². The average Bonchev–Trinajstić information content (AvgIpc) is 2.33. The number of rotatable bonds is 2. The Bertz CT molecular complexity index is 570. The Hall–Kier alpha value is -0.800. The van der Waals surface area contributed by atoms with E-state index in [-0.39, 0.29) is 5.41 Å². The fourth-order valence-corrected chi connectivity index (χ4v) is 2.77. The summed E-state index contributed by atoms with van der Waals surface area (Å²) in [5.41, 5.74) is 2.59. The molecule has 0 N–H and O–H groups in total. The van der Waals surface area contributed by atoms with Crippen molar-refractivity contribution in [1.29, 1.82) is 0 Å². The molecule has 0 atom stereocenters. The molecule has 0 fully saturated rings. The van der Waals surface area contributed by atoms with Crippen LogP contribution >= 0.6 is 27.7 Å². The highest BCUT2D eigenvalue weighted by Gasteiger charge is 2.13. The third-order valence-corrected chi connectivity index (χ3v) is 4.72. The monoisotopic (exact) mass is 335 g/mol. The molecule has 0 saturated heterocycles. The molecule has 2 rings (SSSR count). The standard InChI is InChI=1S/C16H18BrNS/c1-11-14(17)9-10-15(18-11)19-13-7-5-12(6-8-13)16(2,3)4/h5-10H,1-4H3. The van der Waals surface area contributed by atoms with Crippen LogP contribution in [0, 0.1) is 6.92 Å². The Balaban J connectivity index is 2.17. The maximum Gasteiger partial charge on any atom is 0.101 e. The lowest BCUT2D eigenvalue weighted by Gasteiger charge is -2.19. The average molecular weight is 336 g/mol. The van der Waals surface area contributed by atoms with Crippen LogP contribution in [-0.4, -0.2) is 4.98 Å². The van der Waals surface area contributed by atoms with Crippen molar-refractivity contribution in [3.63, 3.8) is 0 Å². The number of benzene rings is 1. The van der Waals surface area contributed by atoms with Crippen LogP contribution in [0.4, 0.5) is 0 Å². The zero-order valence-electron chi connectivity index (χ0n) is 11.7. The lowest BCUT2D eigenvalue weighted by molar-refractivity contribution is 0.590. The second-order valence-corrected chi connectivity index (χ2v) is 7.54. The van der Waals surface area contributed by atoms with Gasteiger partial charge in [0.1, 0.15) is 5.03 Å². The van der Waals surface area contributed by atoms with E-state index < -0.39 is 0 Å². The van der Waals surface area contributed by atoms with Crippen molar-refractivity contribution in [2.45, 2.75) is 43.0 Å². The largest absolute Gasteiger partial charge is 0.245 e. The fourth-order valence-electron chi connectivity index (χ4n) is 1.72. The molecule has 0 aliphatic rings. The van der Waals surface area contributed by atoms with E-state index in [2.05, 4.69) is 66.0 Å². The molecular weight excluding hydrogens is 318 g/mol. The second kappa shape index (κ2) is 5.68. The highest BCUT2D eigenvalue weighted by atomic mass is 79.9. The maximum atomic E-state index is 4.56. The van der Waals surface area contributed by atoms with E-state index >= 15 is 0 Å². The Morgan fingerprint density at radius 3 is 2.16 bits per heavy atom. The molecule has 2 aromatic rings. The van der Waals surface area contributed by atoms with Crippen molar-refractivity contribution < 1.29 is 0 Å². The van der Waals surface area contributed by atoms with Gasteiger partial charge < -0.3 is 0 Å². The van der Waals surface area contributed by atoms with Crippen molar-refractivity contribution in [3.8, 4) is 0 Å². The second-order valence-electron chi connectivity index (χ2n) is 5.59. The summed E-state index contributed by atoms with van der Waals surface area (Å²) in [6.07, 6.45) is 0. The number of halogens is 1. The summed E-state index contributed by atoms with van der Waals surface area (Å²) in [6.45, 7) is 8.70. The first-order valence-electron chi connectivity index (χ1n) is 6.28. The molecule has 0 saturated carbocycles. The van der Waals surface area contributed by atoms with Crippen LogP contribution in [0.3, 0.4) is 0 Å². The van der Waals surface area contributed by atoms with E-state index in [4.69, 9.17) is 0 Å². The first-order chi connectivity index (χ1) is 8.86. The van der Waals surface area contributed by atoms with Gasteiger partial charge >= 0.3 is 0 Å². The van der Waals surface area contributed by atoms with Crippen molar-refractivity contribution in [2.75, 3.05) is 0 Å². The van der Waals surface area contributed by atoms with Gasteiger partial charge in [0.25, 0.3) is 0 Å². The normalized spacial score (nSPS) is 11.6. The van der Waals surface area contributed by atoms with Gasteiger partial charge in [0, 0.05) is 9.37 Å². The van der Waals surface area contributed by atoms with Crippen LogP contribution in [0.2, 0.25) is 0 Å². The predicted octanol–water partition coefficient (Wildman–Crippen LogP) is 5.60. The van der Waals surface area contributed by atoms with Gasteiger partial charge in [0.05, 0.1) is 5.69 Å². The minimum absolute atomic E-state index is 0.204. The van der Waals surface area contributed by atoms with E-state index in [1.54, 1.807) is 11.8 Å². The molecule has 0 spiro atoms. The molecule has 0 unspecified atom stereocenters. The molecule has 100 valence electrons. The number of nitrogens with zero attached hydrogens (tertiary/aromatic N) is 1. The number of aryl methyl sites for hydroxylation is 1. The molecule has 19 heavy (non-hydrogen) atoms. The van der Waals surface area contributed by atoms with Crippen LogP contribution in [-0.2, 0) is 5.41 Å². The van der Waals surface area contributed by atoms with Crippen LogP contribution in [0.1, 0.15) is 32.0 Å². The first kappa shape index (κ1) is 14.6. The first-order valence-corrected chi connectivity index (χ1v) is 7.89. The summed E-state index contributed by atoms with van der Waals surface area (Å²) < 4.78 is 1.06. The number of hydrogen-bond acceptors (Lipinski definition) is 2. The predicted molar refractivity (Wildman–Crippen MR) is 85.9 cm³/mol. The summed E-state index contributed by atoms with van der Waals surface area (Å²) in [6, 6.07) is 12.8. The molecule has 0 amide bonds. The molecule has 0 bridgehead atoms. The molecule has 3 heteroatoms. The van der Waals surface area contributed by atoms with E-state index in [9.17, 15) is 0 Å². The molecule has 1 aromatic heterocycles. The minimum atomic E-state index is 0.204. The van der Waals surface area contributed by atoms with Gasteiger partial charge in [-0.05, 0) is 58.1 Å². The van der Waals surface area contributed by atoms with Crippen molar-refractivity contribution in [2.24, 2.45) is 0 Å². The van der Waals surface area contributed by atoms with Crippen LogP contribution < -0.4 is 0 Å². The summed E-state index contributed by atoms with van der Waals surface area (Å²) in [5, 5.41) is 1.03. The van der Waals surface area contributed by atoms with Crippen molar-refractivity contribution >= 4 is 27.7 Å². The molecule has 0 aliphatic heterocycles. The summed E-state index contributed by atoms with van der Waals surface area (Å²) in [5.74, 6) is 0. The van der Waals surface area contributed by atoms with E-state index in [1.807, 2.05) is 19.1 Å². The third-order valence-electron chi connectivity index (χ3n) is 2.94. The van der Waals surface area contributed by atoms with Crippen LogP contribution in [0.5, 0.6) is 0 Å². The lowest BCUT2D eigenvalue weighted by Crippen LogP contribution is -2.10. The van der Waals surface area contributed by atoms with Gasteiger partial charge in [0.15, 0.2) is 0 Å². The summed E-state index contributed by atoms with van der Waals surface area (Å²) in [7, 11) is 0. The Kier molecular flexibility index (Phi) is 4.36. The molecule has 0 radical (unpaired) electrons. The van der Waals surface area contributed by atoms with E-state index in [0.717, 1.165) is 15.2 Å². The number of hydrogen-bond donors (Lipinski definition) is 0. The Morgan fingerprint density at radius 2 is 1.63 bits per heavy atom. The number of aromatic nitrogens is 1. The van der Waals surface area contributed by atoms with Gasteiger partial charge in [-0.15, -0.1) is 0 Å². The molecule has 0 aliphatic carbocycles. The zero-order valence-corrected chi connectivity index (χ0v) is 14.1. The fraction of sp³-hybridized carbons (Fsp3) is 0.312. The van der Waals surface area contributed by atoms with Crippen LogP contribution in [0.25, 0.3) is 0 Å². The summed E-state index contributed by atoms with van der Waals surface area (Å²) >= 11 is 5.17. The summed E-state index contributed by atoms with van der Waals surface area (Å²) in [4.78, 5) is 5.78.